The molecule has 0 aromatic carbocycles. The van der Waals surface area contributed by atoms with Gasteiger partial charge in [-0.15, -0.1) is 0 Å². The molecule has 0 aliphatic rings. The fraction of sp³-hybridized carbons (Fsp3) is 1.00. The van der Waals surface area contributed by atoms with Crippen LogP contribution < -0.4 is 11.1 Å². The molecule has 0 aliphatic heterocycles. The van der Waals surface area contributed by atoms with Crippen LogP contribution in [0.4, 0.5) is 0 Å². The molecule has 0 amide bonds. The van der Waals surface area contributed by atoms with Crippen molar-refractivity contribution in [1.82, 2.24) is 5.32 Å². The average molecular weight is 234 g/mol. The Morgan fingerprint density at radius 1 is 1.20 bits per heavy atom. The minimum absolute atomic E-state index is 0.120. The van der Waals surface area contributed by atoms with Crippen LogP contribution >= 0.6 is 0 Å². The highest BCUT2D eigenvalue weighted by Gasteiger charge is 2.07. The number of hydrogen-bond donors (Lipinski definition) is 2. The van der Waals surface area contributed by atoms with Gasteiger partial charge in [0.2, 0.25) is 0 Å². The van der Waals surface area contributed by atoms with E-state index in [4.69, 9.17) is 15.2 Å². The molecule has 0 saturated heterocycles. The van der Waals surface area contributed by atoms with E-state index in [-0.39, 0.29) is 15.4 Å². The number of nitrogens with one attached hydrogen (secondary N) is 1. The number of hydrogen-bond acceptors (Lipinski definition) is 4. The summed E-state index contributed by atoms with van der Waals surface area (Å²) in [6.07, 6.45) is 1.21. The summed E-state index contributed by atoms with van der Waals surface area (Å²) in [5.41, 5.74) is 5.38. The summed E-state index contributed by atoms with van der Waals surface area (Å²) < 4.78 is 11.0. The van der Waals surface area contributed by atoms with Crippen LogP contribution in [-0.4, -0.2) is 48.3 Å². The zero-order valence-electron chi connectivity index (χ0n) is 10.1. The zero-order chi connectivity index (χ0) is 11.4. The van der Waals surface area contributed by atoms with Gasteiger partial charge in [-0.1, -0.05) is 6.04 Å². The van der Waals surface area contributed by atoms with Crippen molar-refractivity contribution in [3.63, 3.8) is 0 Å². The van der Waals surface area contributed by atoms with Crippen molar-refractivity contribution in [3.8, 4) is 0 Å². The monoisotopic (exact) mass is 234 g/mol. The lowest BCUT2D eigenvalue weighted by atomic mass is 10.5. The Balaban J connectivity index is 3.28. The van der Waals surface area contributed by atoms with Gasteiger partial charge >= 0.3 is 0 Å². The molecule has 0 unspecified atom stereocenters. The summed E-state index contributed by atoms with van der Waals surface area (Å²) in [7, 11) is -0.247. The number of nitrogens with two attached hydrogens (primary N) is 1. The summed E-state index contributed by atoms with van der Waals surface area (Å²) in [5, 5.41) is 3.29. The standard InChI is InChI=1S/C10H26N2O2Si/c1-3-13-10(14-4-2)15-9-5-7-12-8-6-11/h10,12H,3-9,11,15H2,1-2H3. The van der Waals surface area contributed by atoms with Crippen LogP contribution in [0.15, 0.2) is 0 Å². The Morgan fingerprint density at radius 3 is 2.40 bits per heavy atom. The first-order chi connectivity index (χ1) is 7.35. The molecule has 15 heavy (non-hydrogen) atoms. The van der Waals surface area contributed by atoms with E-state index in [9.17, 15) is 0 Å². The van der Waals surface area contributed by atoms with Gasteiger partial charge in [-0.2, -0.15) is 0 Å². The molecule has 0 atom stereocenters. The minimum Gasteiger partial charge on any atom is -0.357 e. The Bertz CT molecular complexity index is 122. The Kier molecular flexibility index (Phi) is 12.2. The molecule has 0 spiro atoms. The van der Waals surface area contributed by atoms with Crippen LogP contribution in [-0.2, 0) is 9.47 Å². The molecule has 0 bridgehead atoms. The fourth-order valence-corrected chi connectivity index (χ4v) is 3.05. The summed E-state index contributed by atoms with van der Waals surface area (Å²) in [5.74, 6) is 0.120. The second-order valence-corrected chi connectivity index (χ2v) is 5.33. The molecule has 0 aliphatic carbocycles. The SMILES string of the molecule is CCOC(OCC)[SiH2]CCCNCCN. The third-order valence-electron chi connectivity index (χ3n) is 2.07. The van der Waals surface area contributed by atoms with Crippen LogP contribution in [0, 0.1) is 0 Å². The van der Waals surface area contributed by atoms with E-state index in [2.05, 4.69) is 5.32 Å². The van der Waals surface area contributed by atoms with Crippen molar-refractivity contribution in [2.45, 2.75) is 32.2 Å². The van der Waals surface area contributed by atoms with Crippen molar-refractivity contribution in [3.05, 3.63) is 0 Å². The molecule has 0 fully saturated rings. The van der Waals surface area contributed by atoms with Crippen molar-refractivity contribution in [1.29, 1.82) is 0 Å². The highest BCUT2D eigenvalue weighted by Crippen LogP contribution is 1.98. The van der Waals surface area contributed by atoms with Gasteiger partial charge in [0.05, 0.1) is 9.52 Å². The Morgan fingerprint density at radius 2 is 1.87 bits per heavy atom. The summed E-state index contributed by atoms with van der Waals surface area (Å²) in [6, 6.07) is 1.27. The smallest absolute Gasteiger partial charge is 0.134 e. The van der Waals surface area contributed by atoms with Crippen molar-refractivity contribution >= 4 is 9.52 Å². The van der Waals surface area contributed by atoms with Gasteiger partial charge in [0.1, 0.15) is 5.91 Å². The van der Waals surface area contributed by atoms with E-state index in [1.807, 2.05) is 13.8 Å². The van der Waals surface area contributed by atoms with Crippen LogP contribution in [0.3, 0.4) is 0 Å². The summed E-state index contributed by atoms with van der Waals surface area (Å²) in [6.45, 7) is 8.24. The Hall–Kier alpha value is 0.0569. The topological polar surface area (TPSA) is 56.5 Å². The van der Waals surface area contributed by atoms with E-state index in [1.54, 1.807) is 0 Å². The molecular weight excluding hydrogens is 208 g/mol. The fourth-order valence-electron chi connectivity index (χ4n) is 1.37. The largest absolute Gasteiger partial charge is 0.357 e. The molecule has 5 heteroatoms. The van der Waals surface area contributed by atoms with Crippen molar-refractivity contribution in [2.75, 3.05) is 32.8 Å². The maximum absolute atomic E-state index is 5.51. The molecule has 3 N–H and O–H groups in total. The molecule has 0 rings (SSSR count). The van der Waals surface area contributed by atoms with Crippen LogP contribution in [0.1, 0.15) is 20.3 Å². The summed E-state index contributed by atoms with van der Waals surface area (Å²) >= 11 is 0. The van der Waals surface area contributed by atoms with Gasteiger partial charge in [-0.25, -0.2) is 0 Å². The second-order valence-electron chi connectivity index (χ2n) is 3.37. The predicted molar refractivity (Wildman–Crippen MR) is 66.9 cm³/mol. The molecule has 92 valence electrons. The van der Waals surface area contributed by atoms with Gasteiger partial charge in [0.15, 0.2) is 0 Å². The molecule has 0 aromatic heterocycles. The number of ether oxygens (including phenoxy) is 2. The van der Waals surface area contributed by atoms with Gasteiger partial charge in [-0.3, -0.25) is 0 Å². The maximum Gasteiger partial charge on any atom is 0.134 e. The molecule has 0 radical (unpaired) electrons. The number of rotatable bonds is 11. The highest BCUT2D eigenvalue weighted by atomic mass is 28.2. The zero-order valence-corrected chi connectivity index (χ0v) is 11.5. The maximum atomic E-state index is 5.51. The molecule has 0 heterocycles. The minimum atomic E-state index is -0.247. The molecule has 0 saturated carbocycles. The van der Waals surface area contributed by atoms with Crippen molar-refractivity contribution < 1.29 is 9.47 Å². The molecule has 0 aromatic rings. The van der Waals surface area contributed by atoms with Crippen LogP contribution in [0.2, 0.25) is 6.04 Å². The van der Waals surface area contributed by atoms with Gasteiger partial charge < -0.3 is 20.5 Å². The van der Waals surface area contributed by atoms with E-state index < -0.39 is 0 Å². The first-order valence-corrected chi connectivity index (χ1v) is 7.80. The van der Waals surface area contributed by atoms with Crippen molar-refractivity contribution in [2.24, 2.45) is 5.73 Å². The lowest BCUT2D eigenvalue weighted by molar-refractivity contribution is -0.0827. The summed E-state index contributed by atoms with van der Waals surface area (Å²) in [4.78, 5) is 0. The van der Waals surface area contributed by atoms with Gasteiger partial charge in [0, 0.05) is 26.3 Å². The van der Waals surface area contributed by atoms with E-state index in [1.165, 1.54) is 12.5 Å². The molecular formula is C10H26N2O2Si. The highest BCUT2D eigenvalue weighted by molar-refractivity contribution is 6.36. The third kappa shape index (κ3) is 10.3. The van der Waals surface area contributed by atoms with E-state index in [0.29, 0.717) is 0 Å². The van der Waals surface area contributed by atoms with Crippen LogP contribution in [0.5, 0.6) is 0 Å². The lowest BCUT2D eigenvalue weighted by Crippen LogP contribution is -2.26. The predicted octanol–water partition coefficient (Wildman–Crippen LogP) is -0.131. The normalized spacial score (nSPS) is 12.0. The van der Waals surface area contributed by atoms with Gasteiger partial charge in [0.25, 0.3) is 0 Å². The second kappa shape index (κ2) is 12.1. The third-order valence-corrected chi connectivity index (χ3v) is 3.92. The molecule has 4 nitrogen and oxygen atoms in total. The first kappa shape index (κ1) is 15.1. The van der Waals surface area contributed by atoms with Gasteiger partial charge in [-0.05, 0) is 26.8 Å². The van der Waals surface area contributed by atoms with E-state index >= 15 is 0 Å². The quantitative estimate of drug-likeness (QED) is 0.297. The Labute approximate surface area is 95.7 Å². The lowest BCUT2D eigenvalue weighted by Gasteiger charge is -2.16. The van der Waals surface area contributed by atoms with Crippen LogP contribution in [0.25, 0.3) is 0 Å². The van der Waals surface area contributed by atoms with E-state index in [0.717, 1.165) is 32.8 Å². The average Bonchev–Trinajstić information content (AvgIpc) is 2.24. The first-order valence-electron chi connectivity index (χ1n) is 5.99.